The van der Waals surface area contributed by atoms with Crippen molar-refractivity contribution in [2.75, 3.05) is 11.1 Å². The maximum Gasteiger partial charge on any atom is 0.253 e. The molecule has 0 bridgehead atoms. The molecule has 0 aromatic heterocycles. The first-order valence-electron chi connectivity index (χ1n) is 9.71. The van der Waals surface area contributed by atoms with E-state index in [2.05, 4.69) is 10.6 Å². The van der Waals surface area contributed by atoms with Gasteiger partial charge in [-0.2, -0.15) is 0 Å². The molecule has 0 aliphatic heterocycles. The van der Waals surface area contributed by atoms with Crippen LogP contribution in [0.15, 0.2) is 72.8 Å². The lowest BCUT2D eigenvalue weighted by atomic mass is 10.1. The molecule has 0 radical (unpaired) electrons. The van der Waals surface area contributed by atoms with Gasteiger partial charge in [0.15, 0.2) is 0 Å². The Kier molecular flexibility index (Phi) is 8.41. The number of carbonyl (C=O) groups excluding carboxylic acids is 2. The van der Waals surface area contributed by atoms with Crippen LogP contribution < -0.4 is 10.6 Å². The van der Waals surface area contributed by atoms with Crippen molar-refractivity contribution in [3.05, 3.63) is 99.5 Å². The monoisotopic (exact) mass is 472 g/mol. The van der Waals surface area contributed by atoms with E-state index in [1.807, 2.05) is 37.3 Å². The first-order valence-corrected chi connectivity index (χ1v) is 11.6. The largest absolute Gasteiger partial charge is 0.345 e. The second-order valence-corrected chi connectivity index (χ2v) is 8.69. The molecular weight excluding hydrogens is 451 g/mol. The van der Waals surface area contributed by atoms with Crippen LogP contribution >= 0.6 is 35.0 Å². The van der Waals surface area contributed by atoms with Gasteiger partial charge in [0.2, 0.25) is 5.91 Å². The van der Waals surface area contributed by atoms with Crippen molar-refractivity contribution in [3.63, 3.8) is 0 Å². The highest BCUT2D eigenvalue weighted by molar-refractivity contribution is 7.99. The summed E-state index contributed by atoms with van der Waals surface area (Å²) in [6.07, 6.45) is 0. The average Bonchev–Trinajstić information content (AvgIpc) is 2.76. The maximum atomic E-state index is 12.8. The molecule has 3 rings (SSSR count). The minimum absolute atomic E-state index is 0.159. The van der Waals surface area contributed by atoms with Crippen LogP contribution in [0.4, 0.5) is 5.69 Å². The summed E-state index contributed by atoms with van der Waals surface area (Å²) in [6.45, 7) is 1.92. The van der Waals surface area contributed by atoms with Crippen molar-refractivity contribution < 1.29 is 9.59 Å². The van der Waals surface area contributed by atoms with E-state index in [0.29, 0.717) is 27.0 Å². The minimum atomic E-state index is -0.247. The quantitative estimate of drug-likeness (QED) is 0.401. The van der Waals surface area contributed by atoms with Gasteiger partial charge in [0, 0.05) is 15.8 Å². The van der Waals surface area contributed by atoms with E-state index >= 15 is 0 Å². The van der Waals surface area contributed by atoms with Gasteiger partial charge in [0.05, 0.1) is 23.0 Å². The number of rotatable bonds is 8. The van der Waals surface area contributed by atoms with Crippen molar-refractivity contribution in [3.8, 4) is 0 Å². The lowest BCUT2D eigenvalue weighted by Crippen LogP contribution is -2.28. The van der Waals surface area contributed by atoms with Gasteiger partial charge < -0.3 is 10.6 Å². The Morgan fingerprint density at radius 2 is 1.55 bits per heavy atom. The zero-order valence-electron chi connectivity index (χ0n) is 16.9. The van der Waals surface area contributed by atoms with E-state index in [1.165, 1.54) is 11.8 Å². The van der Waals surface area contributed by atoms with E-state index in [9.17, 15) is 9.59 Å². The number of hydrogen-bond donors (Lipinski definition) is 2. The van der Waals surface area contributed by atoms with Crippen LogP contribution in [0.5, 0.6) is 0 Å². The van der Waals surface area contributed by atoms with E-state index in [4.69, 9.17) is 23.2 Å². The molecule has 4 nitrogen and oxygen atoms in total. The molecule has 1 atom stereocenters. The SMILES string of the molecule is C[C@@H](NC(=O)c1ccccc1NC(=O)CSCc1c(Cl)cccc1Cl)c1ccccc1. The summed E-state index contributed by atoms with van der Waals surface area (Å²) in [5.74, 6) is 0.271. The lowest BCUT2D eigenvalue weighted by Gasteiger charge is -2.16. The van der Waals surface area contributed by atoms with Gasteiger partial charge in [-0.05, 0) is 42.3 Å². The first kappa shape index (κ1) is 23.2. The Morgan fingerprint density at radius 1 is 0.903 bits per heavy atom. The Labute approximate surface area is 196 Å². The summed E-state index contributed by atoms with van der Waals surface area (Å²) in [6, 6.07) is 21.8. The summed E-state index contributed by atoms with van der Waals surface area (Å²) in [4.78, 5) is 25.3. The summed E-state index contributed by atoms with van der Waals surface area (Å²) in [5, 5.41) is 6.97. The second-order valence-electron chi connectivity index (χ2n) is 6.89. The van der Waals surface area contributed by atoms with E-state index in [1.54, 1.807) is 42.5 Å². The fraction of sp³-hybridized carbons (Fsp3) is 0.167. The molecule has 0 unspecified atom stereocenters. The summed E-state index contributed by atoms with van der Waals surface area (Å²) >= 11 is 13.7. The van der Waals surface area contributed by atoms with Crippen LogP contribution in [-0.2, 0) is 10.5 Å². The van der Waals surface area contributed by atoms with Gasteiger partial charge in [-0.1, -0.05) is 71.7 Å². The Morgan fingerprint density at radius 3 is 2.26 bits per heavy atom. The fourth-order valence-electron chi connectivity index (χ4n) is 2.99. The molecule has 3 aromatic rings. The van der Waals surface area contributed by atoms with E-state index in [0.717, 1.165) is 11.1 Å². The van der Waals surface area contributed by atoms with Crippen molar-refractivity contribution in [2.24, 2.45) is 0 Å². The number of halogens is 2. The number of hydrogen-bond acceptors (Lipinski definition) is 3. The average molecular weight is 473 g/mol. The van der Waals surface area contributed by atoms with Gasteiger partial charge in [-0.15, -0.1) is 11.8 Å². The number of para-hydroxylation sites is 1. The maximum absolute atomic E-state index is 12.8. The van der Waals surface area contributed by atoms with E-state index in [-0.39, 0.29) is 23.6 Å². The zero-order chi connectivity index (χ0) is 22.2. The molecule has 0 fully saturated rings. The number of amides is 2. The third-order valence-electron chi connectivity index (χ3n) is 4.63. The zero-order valence-corrected chi connectivity index (χ0v) is 19.2. The topological polar surface area (TPSA) is 58.2 Å². The van der Waals surface area contributed by atoms with Crippen molar-refractivity contribution in [2.45, 2.75) is 18.7 Å². The normalized spacial score (nSPS) is 11.6. The number of thioether (sulfide) groups is 1. The minimum Gasteiger partial charge on any atom is -0.345 e. The molecule has 7 heteroatoms. The van der Waals surface area contributed by atoms with Gasteiger partial charge in [-0.25, -0.2) is 0 Å². The van der Waals surface area contributed by atoms with E-state index < -0.39 is 0 Å². The molecule has 31 heavy (non-hydrogen) atoms. The molecule has 0 aliphatic rings. The van der Waals surface area contributed by atoms with Crippen LogP contribution in [0, 0.1) is 0 Å². The second kappa shape index (κ2) is 11.2. The van der Waals surface area contributed by atoms with Crippen molar-refractivity contribution in [1.29, 1.82) is 0 Å². The highest BCUT2D eigenvalue weighted by Gasteiger charge is 2.16. The number of anilines is 1. The van der Waals surface area contributed by atoms with Gasteiger partial charge in [-0.3, -0.25) is 9.59 Å². The highest BCUT2D eigenvalue weighted by Crippen LogP contribution is 2.28. The first-order chi connectivity index (χ1) is 15.0. The molecule has 0 spiro atoms. The number of carbonyl (C=O) groups is 2. The van der Waals surface area contributed by atoms with Gasteiger partial charge in [0.25, 0.3) is 5.91 Å². The van der Waals surface area contributed by atoms with Crippen LogP contribution in [0.25, 0.3) is 0 Å². The molecule has 0 saturated heterocycles. The number of benzene rings is 3. The number of nitrogens with one attached hydrogen (secondary N) is 2. The Balaban J connectivity index is 1.59. The predicted octanol–water partition coefficient (Wildman–Crippen LogP) is 6.36. The molecule has 2 N–H and O–H groups in total. The third-order valence-corrected chi connectivity index (χ3v) is 6.30. The van der Waals surface area contributed by atoms with Crippen LogP contribution in [0.1, 0.15) is 34.5 Å². The van der Waals surface area contributed by atoms with Crippen LogP contribution in [0.2, 0.25) is 10.0 Å². The molecule has 2 amide bonds. The molecule has 160 valence electrons. The molecular formula is C24H22Cl2N2O2S. The highest BCUT2D eigenvalue weighted by atomic mass is 35.5. The standard InChI is InChI=1S/C24H22Cl2N2O2S/c1-16(17-8-3-2-4-9-17)27-24(30)18-10-5-6-13-22(18)28-23(29)15-31-14-19-20(25)11-7-12-21(19)26/h2-13,16H,14-15H2,1H3,(H,27,30)(H,28,29)/t16-/m1/s1. The Bertz CT molecular complexity index is 1040. The molecule has 0 saturated carbocycles. The van der Waals surface area contributed by atoms with Gasteiger partial charge >= 0.3 is 0 Å². The summed E-state index contributed by atoms with van der Waals surface area (Å²) in [5.41, 5.74) is 2.70. The smallest absolute Gasteiger partial charge is 0.253 e. The molecule has 3 aromatic carbocycles. The lowest BCUT2D eigenvalue weighted by molar-refractivity contribution is -0.113. The van der Waals surface area contributed by atoms with Crippen molar-refractivity contribution >= 4 is 52.5 Å². The van der Waals surface area contributed by atoms with Crippen molar-refractivity contribution in [1.82, 2.24) is 5.32 Å². The summed E-state index contributed by atoms with van der Waals surface area (Å²) in [7, 11) is 0. The molecule has 0 aliphatic carbocycles. The molecule has 0 heterocycles. The van der Waals surface area contributed by atoms with Crippen LogP contribution in [0.3, 0.4) is 0 Å². The predicted molar refractivity (Wildman–Crippen MR) is 130 cm³/mol. The Hall–Kier alpha value is -2.47. The fourth-order valence-corrected chi connectivity index (χ4v) is 4.56. The van der Waals surface area contributed by atoms with Crippen LogP contribution in [-0.4, -0.2) is 17.6 Å². The van der Waals surface area contributed by atoms with Gasteiger partial charge in [0.1, 0.15) is 0 Å². The summed E-state index contributed by atoms with van der Waals surface area (Å²) < 4.78 is 0. The third kappa shape index (κ3) is 6.50.